The molecule has 0 bridgehead atoms. The van der Waals surface area contributed by atoms with Gasteiger partial charge in [0.2, 0.25) is 0 Å². The lowest BCUT2D eigenvalue weighted by Crippen LogP contribution is -2.28. The van der Waals surface area contributed by atoms with Gasteiger partial charge in [0, 0.05) is 23.9 Å². The third kappa shape index (κ3) is 4.76. The summed E-state index contributed by atoms with van der Waals surface area (Å²) < 4.78 is 5.00. The van der Waals surface area contributed by atoms with Gasteiger partial charge in [0.15, 0.2) is 5.78 Å². The van der Waals surface area contributed by atoms with Crippen molar-refractivity contribution < 1.29 is 19.1 Å². The lowest BCUT2D eigenvalue weighted by molar-refractivity contribution is -0.146. The average Bonchev–Trinajstić information content (AvgIpc) is 2.47. The van der Waals surface area contributed by atoms with Crippen molar-refractivity contribution in [2.45, 2.75) is 47.0 Å². The van der Waals surface area contributed by atoms with Crippen molar-refractivity contribution in [3.8, 4) is 0 Å². The fourth-order valence-corrected chi connectivity index (χ4v) is 2.23. The number of carbonyl (C=O) groups is 3. The van der Waals surface area contributed by atoms with Crippen molar-refractivity contribution in [2.75, 3.05) is 6.61 Å². The molecule has 1 aromatic heterocycles. The van der Waals surface area contributed by atoms with E-state index in [1.165, 1.54) is 6.92 Å². The molecule has 1 aromatic rings. The quantitative estimate of drug-likeness (QED) is 0.419. The van der Waals surface area contributed by atoms with Crippen LogP contribution in [0.5, 0.6) is 0 Å². The molecule has 0 aromatic carbocycles. The molecule has 5 nitrogen and oxygen atoms in total. The van der Waals surface area contributed by atoms with E-state index >= 15 is 0 Å². The summed E-state index contributed by atoms with van der Waals surface area (Å²) in [6.45, 7) is 7.07. The van der Waals surface area contributed by atoms with Crippen molar-refractivity contribution in [3.63, 3.8) is 0 Å². The molecule has 1 heterocycles. The van der Waals surface area contributed by atoms with Crippen molar-refractivity contribution in [1.29, 1.82) is 0 Å². The first kappa shape index (κ1) is 18.0. The van der Waals surface area contributed by atoms with Crippen LogP contribution in [-0.2, 0) is 20.7 Å². The van der Waals surface area contributed by atoms with Crippen LogP contribution in [0.2, 0.25) is 0 Å². The van der Waals surface area contributed by atoms with E-state index in [0.29, 0.717) is 12.0 Å². The predicted molar refractivity (Wildman–Crippen MR) is 82.7 cm³/mol. The third-order valence-electron chi connectivity index (χ3n) is 3.44. The average molecular weight is 305 g/mol. The molecule has 0 aliphatic rings. The SMILES string of the molecule is CCOC(=O)C(CCC(C)=O)C(=O)c1cc(C)ncc1CC. The first-order valence-electron chi connectivity index (χ1n) is 7.56. The minimum absolute atomic E-state index is 0.0521. The highest BCUT2D eigenvalue weighted by Gasteiger charge is 2.30. The number of aromatic nitrogens is 1. The van der Waals surface area contributed by atoms with Gasteiger partial charge in [-0.2, -0.15) is 0 Å². The normalized spacial score (nSPS) is 11.8. The van der Waals surface area contributed by atoms with Gasteiger partial charge in [-0.3, -0.25) is 14.6 Å². The highest BCUT2D eigenvalue weighted by atomic mass is 16.5. The second kappa shape index (κ2) is 8.41. The largest absolute Gasteiger partial charge is 0.465 e. The van der Waals surface area contributed by atoms with Gasteiger partial charge < -0.3 is 9.53 Å². The summed E-state index contributed by atoms with van der Waals surface area (Å²) in [5, 5.41) is 0. The van der Waals surface area contributed by atoms with Crippen LogP contribution in [0.4, 0.5) is 0 Å². The zero-order chi connectivity index (χ0) is 16.7. The number of esters is 1. The number of carbonyl (C=O) groups excluding carboxylic acids is 3. The van der Waals surface area contributed by atoms with Crippen LogP contribution in [0.3, 0.4) is 0 Å². The summed E-state index contributed by atoms with van der Waals surface area (Å²) in [7, 11) is 0. The Hall–Kier alpha value is -2.04. The van der Waals surface area contributed by atoms with E-state index < -0.39 is 11.9 Å². The summed E-state index contributed by atoms with van der Waals surface area (Å²) in [5.41, 5.74) is 2.01. The van der Waals surface area contributed by atoms with E-state index in [1.54, 1.807) is 26.1 Å². The number of rotatable bonds is 8. The molecule has 5 heteroatoms. The van der Waals surface area contributed by atoms with E-state index in [4.69, 9.17) is 4.74 Å². The van der Waals surface area contributed by atoms with Crippen LogP contribution in [0.25, 0.3) is 0 Å². The Morgan fingerprint density at radius 2 is 1.95 bits per heavy atom. The molecule has 1 rings (SSSR count). The Balaban J connectivity index is 3.12. The van der Waals surface area contributed by atoms with Gasteiger partial charge in [0.1, 0.15) is 11.7 Å². The van der Waals surface area contributed by atoms with Gasteiger partial charge in [0.25, 0.3) is 0 Å². The van der Waals surface area contributed by atoms with E-state index in [-0.39, 0.29) is 31.0 Å². The van der Waals surface area contributed by atoms with Gasteiger partial charge in [-0.05, 0) is 45.2 Å². The monoisotopic (exact) mass is 305 g/mol. The molecule has 0 aliphatic carbocycles. The van der Waals surface area contributed by atoms with Crippen LogP contribution in [0.1, 0.15) is 55.2 Å². The molecule has 0 amide bonds. The summed E-state index contributed by atoms with van der Waals surface area (Å²) >= 11 is 0. The zero-order valence-electron chi connectivity index (χ0n) is 13.6. The highest BCUT2D eigenvalue weighted by molar-refractivity contribution is 6.09. The minimum atomic E-state index is -0.934. The molecular weight excluding hydrogens is 282 g/mol. The zero-order valence-corrected chi connectivity index (χ0v) is 13.6. The molecule has 0 saturated carbocycles. The number of Topliss-reactive ketones (excluding diaryl/α,β-unsaturated/α-hetero) is 2. The summed E-state index contributed by atoms with van der Waals surface area (Å²) in [5.74, 6) is -1.84. The Bertz CT molecular complexity index is 566. The Morgan fingerprint density at radius 1 is 1.27 bits per heavy atom. The number of ether oxygens (including phenoxy) is 1. The lowest BCUT2D eigenvalue weighted by Gasteiger charge is -2.16. The van der Waals surface area contributed by atoms with E-state index in [0.717, 1.165) is 11.3 Å². The van der Waals surface area contributed by atoms with E-state index in [2.05, 4.69) is 4.98 Å². The first-order valence-corrected chi connectivity index (χ1v) is 7.56. The molecule has 120 valence electrons. The fourth-order valence-electron chi connectivity index (χ4n) is 2.23. The van der Waals surface area contributed by atoms with Crippen LogP contribution in [0, 0.1) is 12.8 Å². The lowest BCUT2D eigenvalue weighted by atomic mass is 9.90. The molecule has 0 aliphatic heterocycles. The summed E-state index contributed by atoms with van der Waals surface area (Å²) in [4.78, 5) is 40.2. The van der Waals surface area contributed by atoms with Crippen LogP contribution >= 0.6 is 0 Å². The molecular formula is C17H23NO4. The molecule has 0 N–H and O–H groups in total. The second-order valence-corrected chi connectivity index (χ2v) is 5.25. The van der Waals surface area contributed by atoms with Gasteiger partial charge in [-0.15, -0.1) is 0 Å². The number of hydrogen-bond donors (Lipinski definition) is 0. The van der Waals surface area contributed by atoms with E-state index in [9.17, 15) is 14.4 Å². The van der Waals surface area contributed by atoms with Gasteiger partial charge in [-0.1, -0.05) is 6.92 Å². The maximum atomic E-state index is 12.8. The number of nitrogens with zero attached hydrogens (tertiary/aromatic N) is 1. The maximum absolute atomic E-state index is 12.8. The Morgan fingerprint density at radius 3 is 2.50 bits per heavy atom. The number of ketones is 2. The van der Waals surface area contributed by atoms with Gasteiger partial charge in [0.05, 0.1) is 6.61 Å². The number of hydrogen-bond acceptors (Lipinski definition) is 5. The molecule has 0 fully saturated rings. The third-order valence-corrected chi connectivity index (χ3v) is 3.44. The molecule has 0 saturated heterocycles. The van der Waals surface area contributed by atoms with E-state index in [1.807, 2.05) is 6.92 Å². The maximum Gasteiger partial charge on any atom is 0.316 e. The molecule has 0 radical (unpaired) electrons. The van der Waals surface area contributed by atoms with Gasteiger partial charge >= 0.3 is 5.97 Å². The summed E-state index contributed by atoms with van der Waals surface area (Å²) in [6, 6.07) is 1.70. The van der Waals surface area contributed by atoms with Crippen molar-refractivity contribution >= 4 is 17.5 Å². The minimum Gasteiger partial charge on any atom is -0.465 e. The summed E-state index contributed by atoms with van der Waals surface area (Å²) in [6.07, 6.45) is 2.67. The van der Waals surface area contributed by atoms with Crippen LogP contribution < -0.4 is 0 Å². The second-order valence-electron chi connectivity index (χ2n) is 5.25. The molecule has 22 heavy (non-hydrogen) atoms. The number of pyridine rings is 1. The molecule has 1 atom stereocenters. The van der Waals surface area contributed by atoms with Crippen LogP contribution in [0.15, 0.2) is 12.3 Å². The Kier molecular flexibility index (Phi) is 6.89. The fraction of sp³-hybridized carbons (Fsp3) is 0.529. The predicted octanol–water partition coefficient (Wildman–Crippen LogP) is 2.68. The molecule has 1 unspecified atom stereocenters. The van der Waals surface area contributed by atoms with Gasteiger partial charge in [-0.25, -0.2) is 0 Å². The van der Waals surface area contributed by atoms with Crippen molar-refractivity contribution in [2.24, 2.45) is 5.92 Å². The topological polar surface area (TPSA) is 73.3 Å². The van der Waals surface area contributed by atoms with Crippen molar-refractivity contribution in [3.05, 3.63) is 29.1 Å². The van der Waals surface area contributed by atoms with Crippen molar-refractivity contribution in [1.82, 2.24) is 4.98 Å². The molecule has 0 spiro atoms. The first-order chi connectivity index (χ1) is 10.4. The Labute approximate surface area is 131 Å². The number of aryl methyl sites for hydroxylation is 2. The van der Waals surface area contributed by atoms with Crippen LogP contribution in [-0.4, -0.2) is 29.1 Å². The highest BCUT2D eigenvalue weighted by Crippen LogP contribution is 2.20. The smallest absolute Gasteiger partial charge is 0.316 e. The standard InChI is InChI=1S/C17H23NO4/c1-5-13-10-18-11(3)9-15(13)16(20)14(8-7-12(4)19)17(21)22-6-2/h9-10,14H,5-8H2,1-4H3.